The minimum atomic E-state index is -0.466. The highest BCUT2D eigenvalue weighted by Crippen LogP contribution is 2.23. The van der Waals surface area contributed by atoms with Crippen LogP contribution in [-0.4, -0.2) is 33.9 Å². The van der Waals surface area contributed by atoms with Gasteiger partial charge in [-0.1, -0.05) is 11.3 Å². The fourth-order valence-electron chi connectivity index (χ4n) is 1.28. The minimum absolute atomic E-state index is 0.322. The van der Waals surface area contributed by atoms with Gasteiger partial charge in [0.25, 0.3) is 5.91 Å². The summed E-state index contributed by atoms with van der Waals surface area (Å²) in [7, 11) is 1.30. The van der Waals surface area contributed by atoms with Crippen molar-refractivity contribution < 1.29 is 14.3 Å². The van der Waals surface area contributed by atoms with Gasteiger partial charge >= 0.3 is 5.97 Å². The number of hydrogen-bond donors (Lipinski definition) is 2. The highest BCUT2D eigenvalue weighted by Gasteiger charge is 2.17. The van der Waals surface area contributed by atoms with E-state index in [1.54, 1.807) is 6.92 Å². The predicted molar refractivity (Wildman–Crippen MR) is 64.7 cm³/mol. The smallest absolute Gasteiger partial charge is 0.350 e. The van der Waals surface area contributed by atoms with Crippen molar-refractivity contribution in [2.75, 3.05) is 12.4 Å². The van der Waals surface area contributed by atoms with E-state index in [1.807, 2.05) is 0 Å². The molecular formula is C10H10N4O3S. The number of amides is 1. The SMILES string of the molecule is COC(=O)c1sc(NC(=O)c2cnc[nH]2)nc1C. The summed E-state index contributed by atoms with van der Waals surface area (Å²) in [5.41, 5.74) is 0.842. The van der Waals surface area contributed by atoms with Gasteiger partial charge in [-0.05, 0) is 6.92 Å². The van der Waals surface area contributed by atoms with Crippen LogP contribution >= 0.6 is 11.3 Å². The summed E-state index contributed by atoms with van der Waals surface area (Å²) in [5, 5.41) is 2.91. The maximum atomic E-state index is 11.7. The van der Waals surface area contributed by atoms with Crippen LogP contribution in [0.25, 0.3) is 0 Å². The fourth-order valence-corrected chi connectivity index (χ4v) is 2.16. The van der Waals surface area contributed by atoms with Crippen molar-refractivity contribution in [2.45, 2.75) is 6.92 Å². The van der Waals surface area contributed by atoms with Crippen molar-refractivity contribution in [1.29, 1.82) is 0 Å². The summed E-state index contributed by atoms with van der Waals surface area (Å²) in [6.45, 7) is 1.68. The molecule has 0 bridgehead atoms. The number of esters is 1. The van der Waals surface area contributed by atoms with Gasteiger partial charge in [-0.2, -0.15) is 0 Å². The van der Waals surface area contributed by atoms with Gasteiger partial charge in [-0.15, -0.1) is 0 Å². The molecule has 7 nitrogen and oxygen atoms in total. The molecule has 2 rings (SSSR count). The first-order chi connectivity index (χ1) is 8.61. The van der Waals surface area contributed by atoms with Crippen molar-refractivity contribution in [3.05, 3.63) is 28.8 Å². The number of aromatic nitrogens is 3. The third kappa shape index (κ3) is 2.38. The van der Waals surface area contributed by atoms with Crippen LogP contribution in [0.15, 0.2) is 12.5 Å². The number of methoxy groups -OCH3 is 1. The van der Waals surface area contributed by atoms with E-state index in [0.717, 1.165) is 11.3 Å². The molecule has 0 aromatic carbocycles. The molecule has 2 aromatic heterocycles. The first-order valence-electron chi connectivity index (χ1n) is 4.97. The largest absolute Gasteiger partial charge is 0.465 e. The zero-order valence-electron chi connectivity index (χ0n) is 9.68. The molecule has 0 spiro atoms. The van der Waals surface area contributed by atoms with Crippen molar-refractivity contribution in [1.82, 2.24) is 15.0 Å². The molecule has 0 unspecified atom stereocenters. The summed E-state index contributed by atoms with van der Waals surface area (Å²) < 4.78 is 4.61. The van der Waals surface area contributed by atoms with Gasteiger partial charge in [0.15, 0.2) is 5.13 Å². The summed E-state index contributed by atoms with van der Waals surface area (Å²) in [6.07, 6.45) is 2.80. The highest BCUT2D eigenvalue weighted by molar-refractivity contribution is 7.17. The summed E-state index contributed by atoms with van der Waals surface area (Å²) in [5.74, 6) is -0.829. The summed E-state index contributed by atoms with van der Waals surface area (Å²) >= 11 is 1.07. The normalized spacial score (nSPS) is 10.1. The second-order valence-corrected chi connectivity index (χ2v) is 4.34. The van der Waals surface area contributed by atoms with Crippen molar-refractivity contribution >= 4 is 28.3 Å². The first-order valence-corrected chi connectivity index (χ1v) is 5.79. The predicted octanol–water partition coefficient (Wildman–Crippen LogP) is 1.21. The molecule has 2 aromatic rings. The molecule has 1 amide bonds. The number of ether oxygens (including phenoxy) is 1. The summed E-state index contributed by atoms with van der Waals surface area (Å²) in [6, 6.07) is 0. The minimum Gasteiger partial charge on any atom is -0.465 e. The number of aryl methyl sites for hydroxylation is 1. The molecule has 0 fully saturated rings. The van der Waals surface area contributed by atoms with E-state index in [1.165, 1.54) is 19.6 Å². The lowest BCUT2D eigenvalue weighted by Crippen LogP contribution is -2.11. The second kappa shape index (κ2) is 4.96. The number of imidazole rings is 1. The molecule has 0 saturated heterocycles. The molecule has 0 atom stereocenters. The maximum absolute atomic E-state index is 11.7. The van der Waals surface area contributed by atoms with E-state index >= 15 is 0 Å². The standard InChI is InChI=1S/C10H10N4O3S/c1-5-7(9(16)17-2)18-10(13-5)14-8(15)6-3-11-4-12-6/h3-4H,1-2H3,(H,11,12)(H,13,14,15). The van der Waals surface area contributed by atoms with E-state index < -0.39 is 5.97 Å². The number of aromatic amines is 1. The number of rotatable bonds is 3. The fraction of sp³-hybridized carbons (Fsp3) is 0.200. The number of anilines is 1. The van der Waals surface area contributed by atoms with Crippen LogP contribution in [-0.2, 0) is 4.74 Å². The Bertz CT molecular complexity index is 576. The van der Waals surface area contributed by atoms with Gasteiger partial charge in [0, 0.05) is 0 Å². The molecule has 0 radical (unpaired) electrons. The van der Waals surface area contributed by atoms with Crippen LogP contribution in [0.1, 0.15) is 25.9 Å². The number of H-pyrrole nitrogens is 1. The first kappa shape index (κ1) is 12.2. The number of thiazole rings is 1. The average Bonchev–Trinajstić information content (AvgIpc) is 2.97. The van der Waals surface area contributed by atoms with Gasteiger partial charge in [-0.25, -0.2) is 14.8 Å². The lowest BCUT2D eigenvalue weighted by atomic mass is 10.4. The van der Waals surface area contributed by atoms with E-state index in [4.69, 9.17) is 0 Å². The molecule has 18 heavy (non-hydrogen) atoms. The van der Waals surface area contributed by atoms with Crippen LogP contribution in [0.4, 0.5) is 5.13 Å². The van der Waals surface area contributed by atoms with Gasteiger partial charge in [0.1, 0.15) is 10.6 Å². The zero-order valence-corrected chi connectivity index (χ0v) is 10.5. The third-order valence-corrected chi connectivity index (χ3v) is 3.18. The topological polar surface area (TPSA) is 97.0 Å². The average molecular weight is 266 g/mol. The lowest BCUT2D eigenvalue weighted by molar-refractivity contribution is 0.0605. The van der Waals surface area contributed by atoms with Gasteiger partial charge in [0.05, 0.1) is 25.3 Å². The molecule has 8 heteroatoms. The van der Waals surface area contributed by atoms with Crippen LogP contribution in [0, 0.1) is 6.92 Å². The van der Waals surface area contributed by atoms with Crippen LogP contribution < -0.4 is 5.32 Å². The van der Waals surface area contributed by atoms with Crippen molar-refractivity contribution in [3.63, 3.8) is 0 Å². The van der Waals surface area contributed by atoms with Crippen molar-refractivity contribution in [3.8, 4) is 0 Å². The molecule has 2 heterocycles. The van der Waals surface area contributed by atoms with Crippen LogP contribution in [0.5, 0.6) is 0 Å². The van der Waals surface area contributed by atoms with Gasteiger partial charge in [-0.3, -0.25) is 10.1 Å². The van der Waals surface area contributed by atoms with Crippen molar-refractivity contribution in [2.24, 2.45) is 0 Å². The monoisotopic (exact) mass is 266 g/mol. The van der Waals surface area contributed by atoms with Gasteiger partial charge in [0.2, 0.25) is 0 Å². The molecule has 0 aliphatic rings. The Balaban J connectivity index is 2.16. The summed E-state index contributed by atoms with van der Waals surface area (Å²) in [4.78, 5) is 34.0. The molecule has 0 saturated carbocycles. The Morgan fingerprint density at radius 3 is 2.89 bits per heavy atom. The molecule has 2 N–H and O–H groups in total. The Morgan fingerprint density at radius 2 is 2.28 bits per heavy atom. The van der Waals surface area contributed by atoms with Crippen LogP contribution in [0.3, 0.4) is 0 Å². The zero-order chi connectivity index (χ0) is 13.1. The number of nitrogens with zero attached hydrogens (tertiary/aromatic N) is 2. The van der Waals surface area contributed by atoms with Crippen LogP contribution in [0.2, 0.25) is 0 Å². The van der Waals surface area contributed by atoms with E-state index in [0.29, 0.717) is 21.4 Å². The molecular weight excluding hydrogens is 256 g/mol. The number of carbonyl (C=O) groups is 2. The lowest BCUT2D eigenvalue weighted by Gasteiger charge is -1.97. The third-order valence-electron chi connectivity index (χ3n) is 2.13. The maximum Gasteiger partial charge on any atom is 0.350 e. The number of hydrogen-bond acceptors (Lipinski definition) is 6. The Labute approximate surface area is 106 Å². The van der Waals surface area contributed by atoms with Gasteiger partial charge < -0.3 is 9.72 Å². The molecule has 0 aliphatic heterocycles. The Kier molecular flexibility index (Phi) is 3.38. The molecule has 94 valence electrons. The quantitative estimate of drug-likeness (QED) is 0.814. The van der Waals surface area contributed by atoms with E-state index in [-0.39, 0.29) is 5.91 Å². The Hall–Kier alpha value is -2.22. The van der Waals surface area contributed by atoms with E-state index in [9.17, 15) is 9.59 Å². The number of carbonyl (C=O) groups excluding carboxylic acids is 2. The Morgan fingerprint density at radius 1 is 1.50 bits per heavy atom. The number of nitrogens with one attached hydrogen (secondary N) is 2. The molecule has 0 aliphatic carbocycles. The second-order valence-electron chi connectivity index (χ2n) is 3.34. The van der Waals surface area contributed by atoms with E-state index in [2.05, 4.69) is 25.0 Å². The highest BCUT2D eigenvalue weighted by atomic mass is 32.1.